The van der Waals surface area contributed by atoms with Gasteiger partial charge >= 0.3 is 0 Å². The third-order valence-corrected chi connectivity index (χ3v) is 3.03. The van der Waals surface area contributed by atoms with Crippen LogP contribution < -0.4 is 0 Å². The molecule has 0 atom stereocenters. The monoisotopic (exact) mass is 238 g/mol. The van der Waals surface area contributed by atoms with Crippen molar-refractivity contribution in [1.29, 1.82) is 0 Å². The lowest BCUT2D eigenvalue weighted by Crippen LogP contribution is -2.13. The molecule has 0 radical (unpaired) electrons. The van der Waals surface area contributed by atoms with Gasteiger partial charge < -0.3 is 4.74 Å². The van der Waals surface area contributed by atoms with Gasteiger partial charge in [-0.2, -0.15) is 0 Å². The van der Waals surface area contributed by atoms with Gasteiger partial charge in [-0.3, -0.25) is 0 Å². The Balaban J connectivity index is 2.95. The molecule has 1 aromatic carbocycles. The summed E-state index contributed by atoms with van der Waals surface area (Å²) in [6.45, 7) is 11.1. The van der Waals surface area contributed by atoms with Crippen LogP contribution in [0.1, 0.15) is 43.0 Å². The second kappa shape index (κ2) is 5.63. The first kappa shape index (κ1) is 14.2. The summed E-state index contributed by atoms with van der Waals surface area (Å²) in [4.78, 5) is 0. The summed E-state index contributed by atoms with van der Waals surface area (Å²) < 4.78 is 17.3. The molecule has 17 heavy (non-hydrogen) atoms. The second-order valence-corrected chi connectivity index (χ2v) is 5.58. The number of benzene rings is 1. The molecular formula is C15H23FO. The lowest BCUT2D eigenvalue weighted by Gasteiger charge is -2.22. The van der Waals surface area contributed by atoms with Crippen LogP contribution in [0.25, 0.3) is 0 Å². The Labute approximate surface area is 104 Å². The van der Waals surface area contributed by atoms with Gasteiger partial charge in [0.25, 0.3) is 0 Å². The van der Waals surface area contributed by atoms with Gasteiger partial charge in [-0.05, 0) is 41.5 Å². The van der Waals surface area contributed by atoms with Crippen molar-refractivity contribution >= 4 is 0 Å². The van der Waals surface area contributed by atoms with Gasteiger partial charge in [0.2, 0.25) is 0 Å². The van der Waals surface area contributed by atoms with Crippen LogP contribution in [0.2, 0.25) is 0 Å². The molecule has 0 aromatic heterocycles. The average molecular weight is 238 g/mol. The molecule has 0 spiro atoms. The predicted molar refractivity (Wildman–Crippen MR) is 70.2 cm³/mol. The zero-order chi connectivity index (χ0) is 13.1. The van der Waals surface area contributed by atoms with E-state index in [0.717, 1.165) is 0 Å². The smallest absolute Gasteiger partial charge is 0.113 e. The molecule has 0 aliphatic carbocycles. The van der Waals surface area contributed by atoms with E-state index in [4.69, 9.17) is 4.74 Å². The van der Waals surface area contributed by atoms with Crippen LogP contribution in [0.3, 0.4) is 0 Å². The highest BCUT2D eigenvalue weighted by molar-refractivity contribution is 5.40. The van der Waals surface area contributed by atoms with Crippen LogP contribution in [0.15, 0.2) is 12.1 Å². The number of aryl methyl sites for hydroxylation is 2. The van der Waals surface area contributed by atoms with Gasteiger partial charge in [0.1, 0.15) is 6.67 Å². The van der Waals surface area contributed by atoms with E-state index in [0.29, 0.717) is 6.61 Å². The van der Waals surface area contributed by atoms with Gasteiger partial charge in [0.15, 0.2) is 0 Å². The molecule has 0 heterocycles. The Morgan fingerprint density at radius 2 is 1.65 bits per heavy atom. The van der Waals surface area contributed by atoms with Crippen molar-refractivity contribution in [2.24, 2.45) is 0 Å². The molecule has 0 fully saturated rings. The average Bonchev–Trinajstić information content (AvgIpc) is 2.20. The lowest BCUT2D eigenvalue weighted by molar-refractivity contribution is 0.106. The molecule has 0 amide bonds. The van der Waals surface area contributed by atoms with Gasteiger partial charge in [-0.15, -0.1) is 0 Å². The third-order valence-electron chi connectivity index (χ3n) is 3.03. The highest BCUT2D eigenvalue weighted by Gasteiger charge is 2.16. The maximum absolute atomic E-state index is 12.0. The lowest BCUT2D eigenvalue weighted by atomic mass is 9.84. The molecule has 0 N–H and O–H groups in total. The first-order valence-electron chi connectivity index (χ1n) is 6.10. The van der Waals surface area contributed by atoms with Gasteiger partial charge in [0.05, 0.1) is 13.2 Å². The van der Waals surface area contributed by atoms with Crippen molar-refractivity contribution < 1.29 is 9.13 Å². The SMILES string of the molecule is Cc1cc(C(C)(C)C)cc(C)c1COCCF. The molecule has 0 saturated carbocycles. The maximum Gasteiger partial charge on any atom is 0.113 e. The number of hydrogen-bond acceptors (Lipinski definition) is 1. The first-order chi connectivity index (χ1) is 7.86. The summed E-state index contributed by atoms with van der Waals surface area (Å²) in [7, 11) is 0. The largest absolute Gasteiger partial charge is 0.374 e. The highest BCUT2D eigenvalue weighted by Crippen LogP contribution is 2.27. The van der Waals surface area contributed by atoms with Crippen LogP contribution in [0.4, 0.5) is 4.39 Å². The van der Waals surface area contributed by atoms with E-state index in [1.807, 2.05) is 0 Å². The standard InChI is InChI=1S/C15H23FO/c1-11-8-13(15(3,4)5)9-12(2)14(11)10-17-7-6-16/h8-9H,6-7,10H2,1-5H3. The molecule has 1 nitrogen and oxygen atoms in total. The first-order valence-corrected chi connectivity index (χ1v) is 6.10. The quantitative estimate of drug-likeness (QED) is 0.718. The van der Waals surface area contributed by atoms with E-state index in [2.05, 4.69) is 46.8 Å². The van der Waals surface area contributed by atoms with E-state index in [-0.39, 0.29) is 12.0 Å². The van der Waals surface area contributed by atoms with Crippen molar-refractivity contribution in [2.45, 2.75) is 46.6 Å². The van der Waals surface area contributed by atoms with E-state index >= 15 is 0 Å². The van der Waals surface area contributed by atoms with E-state index in [1.165, 1.54) is 22.3 Å². The summed E-state index contributed by atoms with van der Waals surface area (Å²) in [5.41, 5.74) is 5.14. The van der Waals surface area contributed by atoms with E-state index in [1.54, 1.807) is 0 Å². The number of halogens is 1. The van der Waals surface area contributed by atoms with Gasteiger partial charge in [-0.1, -0.05) is 32.9 Å². The molecule has 0 unspecified atom stereocenters. The van der Waals surface area contributed by atoms with Crippen molar-refractivity contribution in [2.75, 3.05) is 13.3 Å². The summed E-state index contributed by atoms with van der Waals surface area (Å²) in [6.07, 6.45) is 0. The van der Waals surface area contributed by atoms with Gasteiger partial charge in [0, 0.05) is 0 Å². The zero-order valence-electron chi connectivity index (χ0n) is 11.6. The minimum Gasteiger partial charge on any atom is -0.374 e. The summed E-state index contributed by atoms with van der Waals surface area (Å²) in [5, 5.41) is 0. The fourth-order valence-electron chi connectivity index (χ4n) is 1.88. The molecule has 0 saturated heterocycles. The molecule has 0 aliphatic rings. The number of hydrogen-bond donors (Lipinski definition) is 0. The molecule has 1 rings (SSSR count). The Hall–Kier alpha value is -0.890. The van der Waals surface area contributed by atoms with Crippen LogP contribution in [-0.4, -0.2) is 13.3 Å². The highest BCUT2D eigenvalue weighted by atomic mass is 19.1. The van der Waals surface area contributed by atoms with Gasteiger partial charge in [-0.25, -0.2) is 4.39 Å². The van der Waals surface area contributed by atoms with Crippen molar-refractivity contribution in [3.63, 3.8) is 0 Å². The van der Waals surface area contributed by atoms with E-state index < -0.39 is 6.67 Å². The fraction of sp³-hybridized carbons (Fsp3) is 0.600. The van der Waals surface area contributed by atoms with Crippen LogP contribution in [-0.2, 0) is 16.8 Å². The van der Waals surface area contributed by atoms with Crippen LogP contribution in [0.5, 0.6) is 0 Å². The minimum absolute atomic E-state index is 0.161. The Bertz CT molecular complexity index is 354. The van der Waals surface area contributed by atoms with Crippen LogP contribution in [0, 0.1) is 13.8 Å². The minimum atomic E-state index is -0.418. The summed E-state index contributed by atoms with van der Waals surface area (Å²) in [6, 6.07) is 4.42. The van der Waals surface area contributed by atoms with Crippen molar-refractivity contribution in [1.82, 2.24) is 0 Å². The molecule has 2 heteroatoms. The predicted octanol–water partition coefficient (Wildman–Crippen LogP) is 4.09. The Morgan fingerprint density at radius 3 is 2.06 bits per heavy atom. The fourth-order valence-corrected chi connectivity index (χ4v) is 1.88. The Kier molecular flexibility index (Phi) is 4.70. The van der Waals surface area contributed by atoms with Crippen LogP contribution >= 0.6 is 0 Å². The number of rotatable bonds is 4. The second-order valence-electron chi connectivity index (χ2n) is 5.58. The molecule has 0 aliphatic heterocycles. The molecule has 0 bridgehead atoms. The molecular weight excluding hydrogens is 215 g/mol. The molecule has 1 aromatic rings. The molecule has 96 valence electrons. The normalized spacial score (nSPS) is 11.9. The maximum atomic E-state index is 12.0. The topological polar surface area (TPSA) is 9.23 Å². The van der Waals surface area contributed by atoms with E-state index in [9.17, 15) is 4.39 Å². The Morgan fingerprint density at radius 1 is 1.12 bits per heavy atom. The number of alkyl halides is 1. The summed E-state index contributed by atoms with van der Waals surface area (Å²) >= 11 is 0. The summed E-state index contributed by atoms with van der Waals surface area (Å²) in [5.74, 6) is 0. The number of ether oxygens (including phenoxy) is 1. The van der Waals surface area contributed by atoms with Crippen molar-refractivity contribution in [3.8, 4) is 0 Å². The zero-order valence-corrected chi connectivity index (χ0v) is 11.6. The van der Waals surface area contributed by atoms with Crippen molar-refractivity contribution in [3.05, 3.63) is 34.4 Å². The third kappa shape index (κ3) is 3.81.